The van der Waals surface area contributed by atoms with E-state index in [1.165, 1.54) is 17.0 Å². The van der Waals surface area contributed by atoms with Crippen molar-refractivity contribution in [2.75, 3.05) is 31.5 Å². The standard InChI is InChI=1S/C23H28F2N4S/c1-3-28(4-2)10-7-11-29(16-17-15-26-22-9-6-5-8-21(17)22)23(30)27-20-13-18(24)12-19(25)14-20/h5-6,8-9,12-15,26H,3-4,7,10-11,16H2,1-2H3,(H,27,30)/p+1. The SMILES string of the molecule is CC[NH+](CC)CCCN(Cc1c[nH]c2ccccc12)C(=S)Nc1cc(F)cc(F)c1. The van der Waals surface area contributed by atoms with Crippen molar-refractivity contribution in [2.45, 2.75) is 26.8 Å². The third-order valence-corrected chi connectivity index (χ3v) is 5.76. The Balaban J connectivity index is 1.76. The van der Waals surface area contributed by atoms with Crippen molar-refractivity contribution >= 4 is 33.9 Å². The van der Waals surface area contributed by atoms with Gasteiger partial charge in [0.15, 0.2) is 5.11 Å². The van der Waals surface area contributed by atoms with Crippen molar-refractivity contribution in [2.24, 2.45) is 0 Å². The highest BCUT2D eigenvalue weighted by Gasteiger charge is 2.15. The molecule has 0 radical (unpaired) electrons. The van der Waals surface area contributed by atoms with Crippen LogP contribution in [0.1, 0.15) is 25.8 Å². The normalized spacial score (nSPS) is 11.2. The average Bonchev–Trinajstić information content (AvgIpc) is 3.12. The first-order chi connectivity index (χ1) is 14.5. The molecular weight excluding hydrogens is 402 g/mol. The molecule has 0 saturated heterocycles. The summed E-state index contributed by atoms with van der Waals surface area (Å²) in [6.45, 7) is 8.97. The Labute approximate surface area is 181 Å². The number of nitrogens with one attached hydrogen (secondary N) is 3. The van der Waals surface area contributed by atoms with Crippen LogP contribution in [0.5, 0.6) is 0 Å². The topological polar surface area (TPSA) is 35.5 Å². The first-order valence-corrected chi connectivity index (χ1v) is 10.8. The van der Waals surface area contributed by atoms with Crippen LogP contribution in [-0.2, 0) is 6.54 Å². The Kier molecular flexibility index (Phi) is 7.76. The zero-order valence-corrected chi connectivity index (χ0v) is 18.3. The molecule has 0 aliphatic carbocycles. The molecule has 0 unspecified atom stereocenters. The lowest BCUT2D eigenvalue weighted by atomic mass is 10.1. The summed E-state index contributed by atoms with van der Waals surface area (Å²) in [5.74, 6) is -1.26. The van der Waals surface area contributed by atoms with Gasteiger partial charge in [-0.05, 0) is 49.8 Å². The van der Waals surface area contributed by atoms with Gasteiger partial charge in [-0.3, -0.25) is 0 Å². The number of hydrogen-bond acceptors (Lipinski definition) is 1. The number of quaternary nitrogens is 1. The Bertz CT molecular complexity index is 964. The van der Waals surface area contributed by atoms with Crippen molar-refractivity contribution in [1.82, 2.24) is 9.88 Å². The van der Waals surface area contributed by atoms with E-state index in [1.54, 1.807) is 0 Å². The van der Waals surface area contributed by atoms with Crippen LogP contribution in [0.3, 0.4) is 0 Å². The number of aromatic amines is 1. The molecular formula is C23H29F2N4S+. The molecule has 160 valence electrons. The molecule has 3 aromatic rings. The number of nitrogens with zero attached hydrogens (tertiary/aromatic N) is 1. The zero-order chi connectivity index (χ0) is 21.5. The predicted molar refractivity (Wildman–Crippen MR) is 123 cm³/mol. The monoisotopic (exact) mass is 431 g/mol. The molecule has 7 heteroatoms. The molecule has 0 fully saturated rings. The highest BCUT2D eigenvalue weighted by atomic mass is 32.1. The minimum atomic E-state index is -0.631. The number of aromatic nitrogens is 1. The van der Waals surface area contributed by atoms with Gasteiger partial charge in [-0.2, -0.15) is 0 Å². The van der Waals surface area contributed by atoms with Gasteiger partial charge in [0.2, 0.25) is 0 Å². The predicted octanol–water partition coefficient (Wildman–Crippen LogP) is 3.96. The maximum atomic E-state index is 13.6. The van der Waals surface area contributed by atoms with Crippen molar-refractivity contribution in [3.8, 4) is 0 Å². The number of H-pyrrole nitrogens is 1. The maximum absolute atomic E-state index is 13.6. The van der Waals surface area contributed by atoms with Gasteiger partial charge in [0.05, 0.1) is 19.6 Å². The molecule has 0 amide bonds. The fourth-order valence-corrected chi connectivity index (χ4v) is 3.95. The summed E-state index contributed by atoms with van der Waals surface area (Å²) < 4.78 is 27.2. The molecule has 1 aromatic heterocycles. The van der Waals surface area contributed by atoms with Crippen molar-refractivity contribution < 1.29 is 13.7 Å². The number of anilines is 1. The highest BCUT2D eigenvalue weighted by Crippen LogP contribution is 2.20. The maximum Gasteiger partial charge on any atom is 0.173 e. The van der Waals surface area contributed by atoms with E-state index in [9.17, 15) is 8.78 Å². The van der Waals surface area contributed by atoms with Crippen molar-refractivity contribution in [3.05, 3.63) is 65.9 Å². The van der Waals surface area contributed by atoms with Gasteiger partial charge in [0.25, 0.3) is 0 Å². The molecule has 0 aliphatic heterocycles. The van der Waals surface area contributed by atoms with Crippen molar-refractivity contribution in [3.63, 3.8) is 0 Å². The first kappa shape index (κ1) is 22.2. The minimum absolute atomic E-state index is 0.316. The van der Waals surface area contributed by atoms with Gasteiger partial charge in [0.1, 0.15) is 11.6 Å². The van der Waals surface area contributed by atoms with Crippen LogP contribution >= 0.6 is 12.2 Å². The summed E-state index contributed by atoms with van der Waals surface area (Å²) >= 11 is 5.63. The van der Waals surface area contributed by atoms with E-state index < -0.39 is 11.6 Å². The number of fused-ring (bicyclic) bond motifs is 1. The first-order valence-electron chi connectivity index (χ1n) is 10.4. The van der Waals surface area contributed by atoms with Crippen molar-refractivity contribution in [1.29, 1.82) is 0 Å². The Hall–Kier alpha value is -2.51. The fourth-order valence-electron chi connectivity index (χ4n) is 3.67. The molecule has 1 heterocycles. The number of halogens is 2. The van der Waals surface area contributed by atoms with E-state index in [1.807, 2.05) is 24.4 Å². The third kappa shape index (κ3) is 5.77. The van der Waals surface area contributed by atoms with Crippen LogP contribution in [0.15, 0.2) is 48.7 Å². The molecule has 3 rings (SSSR count). The quantitative estimate of drug-likeness (QED) is 0.449. The number of benzene rings is 2. The third-order valence-electron chi connectivity index (χ3n) is 5.40. The highest BCUT2D eigenvalue weighted by molar-refractivity contribution is 7.80. The largest absolute Gasteiger partial charge is 0.361 e. The van der Waals surface area contributed by atoms with Crippen LogP contribution in [-0.4, -0.2) is 41.2 Å². The van der Waals surface area contributed by atoms with Crippen LogP contribution < -0.4 is 10.2 Å². The molecule has 2 aromatic carbocycles. The van der Waals surface area contributed by atoms with E-state index >= 15 is 0 Å². The number of thiocarbonyl (C=S) groups is 1. The van der Waals surface area contributed by atoms with E-state index in [-0.39, 0.29) is 0 Å². The summed E-state index contributed by atoms with van der Waals surface area (Å²) in [4.78, 5) is 6.90. The Morgan fingerprint density at radius 2 is 1.80 bits per heavy atom. The molecule has 3 N–H and O–H groups in total. The van der Waals surface area contributed by atoms with Crippen LogP contribution in [0.4, 0.5) is 14.5 Å². The molecule has 0 aliphatic rings. The second-order valence-corrected chi connectivity index (χ2v) is 7.82. The lowest BCUT2D eigenvalue weighted by Crippen LogP contribution is -3.11. The molecule has 4 nitrogen and oxygen atoms in total. The summed E-state index contributed by atoms with van der Waals surface area (Å²) in [6.07, 6.45) is 2.97. The number of rotatable bonds is 9. The van der Waals surface area contributed by atoms with Gasteiger partial charge >= 0.3 is 0 Å². The number of para-hydroxylation sites is 1. The fraction of sp³-hybridized carbons (Fsp3) is 0.348. The summed E-state index contributed by atoms with van der Waals surface area (Å²) in [5, 5.41) is 4.62. The van der Waals surface area contributed by atoms with Gasteiger partial charge in [-0.25, -0.2) is 8.78 Å². The van der Waals surface area contributed by atoms with Crippen LogP contribution in [0.2, 0.25) is 0 Å². The summed E-state index contributed by atoms with van der Waals surface area (Å²) in [5.41, 5.74) is 2.53. The average molecular weight is 432 g/mol. The lowest BCUT2D eigenvalue weighted by Gasteiger charge is -2.26. The van der Waals surface area contributed by atoms with Gasteiger partial charge in [0, 0.05) is 48.4 Å². The lowest BCUT2D eigenvalue weighted by molar-refractivity contribution is -0.896. The van der Waals surface area contributed by atoms with E-state index in [4.69, 9.17) is 12.2 Å². The van der Waals surface area contributed by atoms with Gasteiger partial charge < -0.3 is 20.1 Å². The van der Waals surface area contributed by atoms with E-state index in [0.717, 1.165) is 55.1 Å². The second kappa shape index (κ2) is 10.5. The van der Waals surface area contributed by atoms with E-state index in [0.29, 0.717) is 17.3 Å². The smallest absolute Gasteiger partial charge is 0.173 e. The second-order valence-electron chi connectivity index (χ2n) is 7.43. The summed E-state index contributed by atoms with van der Waals surface area (Å²) in [6, 6.07) is 11.5. The Morgan fingerprint density at radius 3 is 2.50 bits per heavy atom. The van der Waals surface area contributed by atoms with Crippen LogP contribution in [0, 0.1) is 11.6 Å². The Morgan fingerprint density at radius 1 is 1.10 bits per heavy atom. The summed E-state index contributed by atoms with van der Waals surface area (Å²) in [7, 11) is 0. The zero-order valence-electron chi connectivity index (χ0n) is 17.5. The van der Waals surface area contributed by atoms with Gasteiger partial charge in [-0.1, -0.05) is 18.2 Å². The molecule has 0 atom stereocenters. The number of hydrogen-bond donors (Lipinski definition) is 3. The minimum Gasteiger partial charge on any atom is -0.361 e. The van der Waals surface area contributed by atoms with Gasteiger partial charge in [-0.15, -0.1) is 0 Å². The molecule has 0 saturated carbocycles. The molecule has 0 spiro atoms. The molecule has 30 heavy (non-hydrogen) atoms. The van der Waals surface area contributed by atoms with E-state index in [2.05, 4.69) is 35.1 Å². The van der Waals surface area contributed by atoms with Crippen LogP contribution in [0.25, 0.3) is 10.9 Å². The molecule has 0 bridgehead atoms.